The van der Waals surface area contributed by atoms with Gasteiger partial charge in [0.15, 0.2) is 0 Å². The molecule has 1 aromatic carbocycles. The Morgan fingerprint density at radius 3 is 2.93 bits per heavy atom. The van der Waals surface area contributed by atoms with Crippen LogP contribution in [0.15, 0.2) is 29.8 Å². The van der Waals surface area contributed by atoms with E-state index in [0.29, 0.717) is 0 Å². The van der Waals surface area contributed by atoms with E-state index >= 15 is 0 Å². The first-order valence-electron chi connectivity index (χ1n) is 4.85. The third-order valence-electron chi connectivity index (χ3n) is 2.24. The van der Waals surface area contributed by atoms with Crippen LogP contribution in [0, 0.1) is 6.92 Å². The van der Waals surface area contributed by atoms with E-state index in [1.54, 1.807) is 5.51 Å². The van der Waals surface area contributed by atoms with Crippen LogP contribution in [0.4, 0.5) is 5.13 Å². The summed E-state index contributed by atoms with van der Waals surface area (Å²) in [7, 11) is 0. The molecule has 78 valence electrons. The van der Waals surface area contributed by atoms with Gasteiger partial charge in [0.05, 0.1) is 6.04 Å². The van der Waals surface area contributed by atoms with Crippen LogP contribution in [0.1, 0.15) is 24.1 Å². The van der Waals surface area contributed by atoms with Gasteiger partial charge in [0.1, 0.15) is 5.51 Å². The molecule has 0 amide bonds. The Bertz CT molecular complexity index is 425. The highest BCUT2D eigenvalue weighted by molar-refractivity contribution is 7.13. The number of anilines is 1. The third kappa shape index (κ3) is 2.53. The molecule has 0 spiro atoms. The third-order valence-corrected chi connectivity index (χ3v) is 2.86. The molecule has 3 nitrogen and oxygen atoms in total. The van der Waals surface area contributed by atoms with Crippen molar-refractivity contribution < 1.29 is 0 Å². The van der Waals surface area contributed by atoms with Crippen molar-refractivity contribution in [3.63, 3.8) is 0 Å². The molecule has 2 rings (SSSR count). The van der Waals surface area contributed by atoms with Crippen LogP contribution >= 0.6 is 11.3 Å². The number of benzene rings is 1. The second-order valence-electron chi connectivity index (χ2n) is 3.52. The molecule has 0 fully saturated rings. The Labute approximate surface area is 93.2 Å². The van der Waals surface area contributed by atoms with Gasteiger partial charge in [0.25, 0.3) is 0 Å². The van der Waals surface area contributed by atoms with E-state index in [2.05, 4.69) is 53.6 Å². The van der Waals surface area contributed by atoms with Gasteiger partial charge < -0.3 is 5.32 Å². The number of nitrogens with one attached hydrogen (secondary N) is 1. The number of aromatic nitrogens is 2. The van der Waals surface area contributed by atoms with Crippen molar-refractivity contribution in [1.82, 2.24) is 10.2 Å². The molecule has 0 saturated heterocycles. The van der Waals surface area contributed by atoms with Crippen LogP contribution in [0.2, 0.25) is 0 Å². The number of nitrogens with zero attached hydrogens (tertiary/aromatic N) is 2. The molecule has 0 aliphatic rings. The highest BCUT2D eigenvalue weighted by atomic mass is 32.1. The Hall–Kier alpha value is -1.42. The first kappa shape index (κ1) is 10.1. The minimum Gasteiger partial charge on any atom is -0.354 e. The van der Waals surface area contributed by atoms with Crippen molar-refractivity contribution in [3.05, 3.63) is 40.9 Å². The summed E-state index contributed by atoms with van der Waals surface area (Å²) in [5.74, 6) is 0. The minimum absolute atomic E-state index is 0.262. The first-order valence-corrected chi connectivity index (χ1v) is 5.73. The van der Waals surface area contributed by atoms with E-state index in [4.69, 9.17) is 0 Å². The van der Waals surface area contributed by atoms with Crippen LogP contribution in [-0.2, 0) is 0 Å². The van der Waals surface area contributed by atoms with Gasteiger partial charge in [-0.3, -0.25) is 0 Å². The predicted octanol–water partition coefficient (Wildman–Crippen LogP) is 3.02. The highest BCUT2D eigenvalue weighted by Gasteiger charge is 2.06. The summed E-state index contributed by atoms with van der Waals surface area (Å²) in [4.78, 5) is 0. The van der Waals surface area contributed by atoms with Crippen LogP contribution < -0.4 is 5.32 Å². The normalized spacial score (nSPS) is 12.4. The SMILES string of the molecule is Cc1cccc(C(C)Nc2nncs2)c1. The lowest BCUT2D eigenvalue weighted by Gasteiger charge is -2.13. The molecule has 1 atom stereocenters. The van der Waals surface area contributed by atoms with Crippen molar-refractivity contribution in [2.24, 2.45) is 0 Å². The van der Waals surface area contributed by atoms with E-state index in [-0.39, 0.29) is 6.04 Å². The average Bonchev–Trinajstić information content (AvgIpc) is 2.70. The molecular weight excluding hydrogens is 206 g/mol. The molecule has 1 heterocycles. The molecule has 0 aliphatic heterocycles. The van der Waals surface area contributed by atoms with E-state index in [0.717, 1.165) is 5.13 Å². The average molecular weight is 219 g/mol. The van der Waals surface area contributed by atoms with Gasteiger partial charge >= 0.3 is 0 Å². The smallest absolute Gasteiger partial charge is 0.205 e. The molecule has 1 N–H and O–H groups in total. The summed E-state index contributed by atoms with van der Waals surface area (Å²) in [6.07, 6.45) is 0. The molecule has 2 aromatic rings. The lowest BCUT2D eigenvalue weighted by Crippen LogP contribution is -2.06. The summed E-state index contributed by atoms with van der Waals surface area (Å²) in [6, 6.07) is 8.73. The molecule has 1 unspecified atom stereocenters. The largest absolute Gasteiger partial charge is 0.354 e. The van der Waals surface area contributed by atoms with Crippen molar-refractivity contribution >= 4 is 16.5 Å². The Morgan fingerprint density at radius 2 is 2.27 bits per heavy atom. The number of aryl methyl sites for hydroxylation is 1. The van der Waals surface area contributed by atoms with Gasteiger partial charge in [-0.05, 0) is 19.4 Å². The van der Waals surface area contributed by atoms with Crippen LogP contribution in [0.25, 0.3) is 0 Å². The maximum absolute atomic E-state index is 3.96. The maximum Gasteiger partial charge on any atom is 0.205 e. The second-order valence-corrected chi connectivity index (χ2v) is 4.36. The summed E-state index contributed by atoms with van der Waals surface area (Å²) in [5, 5.41) is 11.9. The van der Waals surface area contributed by atoms with Gasteiger partial charge in [0.2, 0.25) is 5.13 Å². The molecule has 0 saturated carbocycles. The van der Waals surface area contributed by atoms with Gasteiger partial charge in [0, 0.05) is 0 Å². The van der Waals surface area contributed by atoms with E-state index in [1.807, 2.05) is 0 Å². The molecule has 1 aromatic heterocycles. The molecular formula is C11H13N3S. The van der Waals surface area contributed by atoms with Crippen LogP contribution in [0.3, 0.4) is 0 Å². The Balaban J connectivity index is 2.11. The van der Waals surface area contributed by atoms with Gasteiger partial charge in [-0.25, -0.2) is 0 Å². The number of hydrogen-bond donors (Lipinski definition) is 1. The van der Waals surface area contributed by atoms with Crippen LogP contribution in [0.5, 0.6) is 0 Å². The molecule has 0 aliphatic carbocycles. The first-order chi connectivity index (χ1) is 7.25. The van der Waals surface area contributed by atoms with E-state index in [9.17, 15) is 0 Å². The second kappa shape index (κ2) is 4.40. The zero-order chi connectivity index (χ0) is 10.7. The zero-order valence-electron chi connectivity index (χ0n) is 8.77. The van der Waals surface area contributed by atoms with E-state index in [1.165, 1.54) is 22.5 Å². The Kier molecular flexibility index (Phi) is 2.97. The van der Waals surface area contributed by atoms with E-state index < -0.39 is 0 Å². The predicted molar refractivity (Wildman–Crippen MR) is 63.1 cm³/mol. The van der Waals surface area contributed by atoms with Gasteiger partial charge in [-0.1, -0.05) is 41.2 Å². The fourth-order valence-corrected chi connectivity index (χ4v) is 1.98. The minimum atomic E-state index is 0.262. The fraction of sp³-hybridized carbons (Fsp3) is 0.273. The van der Waals surface area contributed by atoms with Crippen molar-refractivity contribution in [2.75, 3.05) is 5.32 Å². The summed E-state index contributed by atoms with van der Waals surface area (Å²) >= 11 is 1.52. The zero-order valence-corrected chi connectivity index (χ0v) is 9.58. The lowest BCUT2D eigenvalue weighted by molar-refractivity contribution is 0.872. The Morgan fingerprint density at radius 1 is 1.40 bits per heavy atom. The highest BCUT2D eigenvalue weighted by Crippen LogP contribution is 2.20. The quantitative estimate of drug-likeness (QED) is 0.862. The molecule has 15 heavy (non-hydrogen) atoms. The molecule has 4 heteroatoms. The van der Waals surface area contributed by atoms with Crippen molar-refractivity contribution in [3.8, 4) is 0 Å². The summed E-state index contributed by atoms with van der Waals surface area (Å²) in [6.45, 7) is 4.22. The molecule has 0 bridgehead atoms. The van der Waals surface area contributed by atoms with Gasteiger partial charge in [-0.2, -0.15) is 0 Å². The summed E-state index contributed by atoms with van der Waals surface area (Å²) < 4.78 is 0. The van der Waals surface area contributed by atoms with Gasteiger partial charge in [-0.15, -0.1) is 10.2 Å². The topological polar surface area (TPSA) is 37.8 Å². The van der Waals surface area contributed by atoms with Crippen LogP contribution in [-0.4, -0.2) is 10.2 Å². The van der Waals surface area contributed by atoms with Crippen molar-refractivity contribution in [2.45, 2.75) is 19.9 Å². The standard InChI is InChI=1S/C11H13N3S/c1-8-4-3-5-10(6-8)9(2)13-11-14-12-7-15-11/h3-7,9H,1-2H3,(H,13,14). The fourth-order valence-electron chi connectivity index (χ4n) is 1.44. The summed E-state index contributed by atoms with van der Waals surface area (Å²) in [5.41, 5.74) is 4.27. The monoisotopic (exact) mass is 219 g/mol. The number of rotatable bonds is 3. The number of hydrogen-bond acceptors (Lipinski definition) is 4. The maximum atomic E-state index is 3.96. The molecule has 0 radical (unpaired) electrons. The lowest BCUT2D eigenvalue weighted by atomic mass is 10.1. The van der Waals surface area contributed by atoms with Crippen molar-refractivity contribution in [1.29, 1.82) is 0 Å².